The maximum atomic E-state index is 9.32. The van der Waals surface area contributed by atoms with E-state index in [2.05, 4.69) is 4.98 Å². The van der Waals surface area contributed by atoms with E-state index in [0.29, 0.717) is 5.25 Å². The van der Waals surface area contributed by atoms with E-state index >= 15 is 0 Å². The summed E-state index contributed by atoms with van der Waals surface area (Å²) in [7, 11) is 0. The lowest BCUT2D eigenvalue weighted by molar-refractivity contribution is 0.195. The number of aromatic nitrogens is 1. The van der Waals surface area contributed by atoms with Gasteiger partial charge in [0, 0.05) is 5.38 Å². The standard InChI is InChI=1S/C9H13NOS2/c1-6(11)7-5-13-9(10-7)8-3-2-4-12-8/h5-6,8,11H,2-4H2,1H3. The Kier molecular flexibility index (Phi) is 2.91. The smallest absolute Gasteiger partial charge is 0.106 e. The Bertz CT molecular complexity index is 279. The first-order chi connectivity index (χ1) is 6.27. The molecule has 0 aliphatic carbocycles. The second-order valence-electron chi connectivity index (χ2n) is 3.29. The molecule has 2 atom stereocenters. The van der Waals surface area contributed by atoms with Crippen LogP contribution in [0.25, 0.3) is 0 Å². The highest BCUT2D eigenvalue weighted by Gasteiger charge is 2.21. The fraction of sp³-hybridized carbons (Fsp3) is 0.667. The van der Waals surface area contributed by atoms with Crippen LogP contribution in [0.1, 0.15) is 41.8 Å². The van der Waals surface area contributed by atoms with Crippen molar-refractivity contribution in [1.82, 2.24) is 4.98 Å². The maximum Gasteiger partial charge on any atom is 0.106 e. The first-order valence-corrected chi connectivity index (χ1v) is 6.45. The molecule has 1 saturated heterocycles. The van der Waals surface area contributed by atoms with E-state index in [1.54, 1.807) is 18.3 Å². The molecule has 2 rings (SSSR count). The molecule has 0 saturated carbocycles. The highest BCUT2D eigenvalue weighted by molar-refractivity contribution is 7.99. The Morgan fingerprint density at radius 1 is 1.69 bits per heavy atom. The molecule has 0 radical (unpaired) electrons. The summed E-state index contributed by atoms with van der Waals surface area (Å²) < 4.78 is 0. The lowest BCUT2D eigenvalue weighted by Crippen LogP contribution is -1.93. The summed E-state index contributed by atoms with van der Waals surface area (Å²) >= 11 is 3.67. The zero-order valence-corrected chi connectivity index (χ0v) is 9.20. The summed E-state index contributed by atoms with van der Waals surface area (Å²) in [5.41, 5.74) is 0.826. The fourth-order valence-corrected chi connectivity index (χ4v) is 3.85. The van der Waals surface area contributed by atoms with E-state index < -0.39 is 6.10 Å². The predicted octanol–water partition coefficient (Wildman–Crippen LogP) is 2.76. The van der Waals surface area contributed by atoms with Crippen LogP contribution in [0.5, 0.6) is 0 Å². The Labute approximate surface area is 86.4 Å². The van der Waals surface area contributed by atoms with E-state index in [4.69, 9.17) is 0 Å². The van der Waals surface area contributed by atoms with Crippen molar-refractivity contribution in [3.63, 3.8) is 0 Å². The minimum atomic E-state index is -0.420. The minimum absolute atomic E-state index is 0.420. The average Bonchev–Trinajstić information content (AvgIpc) is 2.75. The maximum absolute atomic E-state index is 9.32. The molecular weight excluding hydrogens is 202 g/mol. The van der Waals surface area contributed by atoms with Crippen LogP contribution in [0.3, 0.4) is 0 Å². The van der Waals surface area contributed by atoms with Crippen molar-refractivity contribution in [1.29, 1.82) is 0 Å². The van der Waals surface area contributed by atoms with Gasteiger partial charge in [-0.25, -0.2) is 4.98 Å². The number of hydrogen-bond acceptors (Lipinski definition) is 4. The third kappa shape index (κ3) is 2.06. The molecule has 13 heavy (non-hydrogen) atoms. The van der Waals surface area contributed by atoms with Gasteiger partial charge in [0.25, 0.3) is 0 Å². The van der Waals surface area contributed by atoms with Gasteiger partial charge in [-0.3, -0.25) is 0 Å². The molecule has 0 aromatic carbocycles. The third-order valence-electron chi connectivity index (χ3n) is 2.17. The van der Waals surface area contributed by atoms with Crippen molar-refractivity contribution in [2.45, 2.75) is 31.1 Å². The quantitative estimate of drug-likeness (QED) is 0.823. The van der Waals surface area contributed by atoms with Crippen LogP contribution in [0.4, 0.5) is 0 Å². The molecule has 2 unspecified atom stereocenters. The molecule has 72 valence electrons. The van der Waals surface area contributed by atoms with Gasteiger partial charge in [0.1, 0.15) is 5.01 Å². The van der Waals surface area contributed by atoms with Crippen LogP contribution in [0, 0.1) is 0 Å². The van der Waals surface area contributed by atoms with Crippen molar-refractivity contribution in [2.24, 2.45) is 0 Å². The first-order valence-electron chi connectivity index (χ1n) is 4.52. The summed E-state index contributed by atoms with van der Waals surface area (Å²) in [6.07, 6.45) is 2.13. The van der Waals surface area contributed by atoms with E-state index in [0.717, 1.165) is 5.69 Å². The number of thioether (sulfide) groups is 1. The molecule has 0 amide bonds. The van der Waals surface area contributed by atoms with Crippen LogP contribution in [0.15, 0.2) is 5.38 Å². The van der Waals surface area contributed by atoms with E-state index in [-0.39, 0.29) is 0 Å². The van der Waals surface area contributed by atoms with E-state index in [9.17, 15) is 5.11 Å². The number of aliphatic hydroxyl groups is 1. The van der Waals surface area contributed by atoms with Gasteiger partial charge in [0.15, 0.2) is 0 Å². The number of thiazole rings is 1. The lowest BCUT2D eigenvalue weighted by atomic mass is 10.2. The summed E-state index contributed by atoms with van der Waals surface area (Å²) in [5.74, 6) is 1.26. The summed E-state index contributed by atoms with van der Waals surface area (Å²) in [4.78, 5) is 4.44. The van der Waals surface area contributed by atoms with Crippen LogP contribution in [-0.4, -0.2) is 15.8 Å². The fourth-order valence-electron chi connectivity index (χ4n) is 1.41. The SMILES string of the molecule is CC(O)c1csc(C2CCCS2)n1. The van der Waals surface area contributed by atoms with Gasteiger partial charge in [-0.15, -0.1) is 11.3 Å². The van der Waals surface area contributed by atoms with Crippen LogP contribution >= 0.6 is 23.1 Å². The molecule has 0 bridgehead atoms. The van der Waals surface area contributed by atoms with Crippen LogP contribution in [0.2, 0.25) is 0 Å². The third-order valence-corrected chi connectivity index (χ3v) is 4.68. The summed E-state index contributed by atoms with van der Waals surface area (Å²) in [6.45, 7) is 1.76. The van der Waals surface area contributed by atoms with Gasteiger partial charge < -0.3 is 5.11 Å². The van der Waals surface area contributed by atoms with Crippen LogP contribution < -0.4 is 0 Å². The number of rotatable bonds is 2. The zero-order valence-electron chi connectivity index (χ0n) is 7.56. The Morgan fingerprint density at radius 3 is 3.08 bits per heavy atom. The molecule has 0 spiro atoms. The van der Waals surface area contributed by atoms with Gasteiger partial charge >= 0.3 is 0 Å². The second-order valence-corrected chi connectivity index (χ2v) is 5.49. The number of hydrogen-bond donors (Lipinski definition) is 1. The Morgan fingerprint density at radius 2 is 2.54 bits per heavy atom. The molecule has 1 aliphatic heterocycles. The van der Waals surface area contributed by atoms with Gasteiger partial charge in [-0.1, -0.05) is 0 Å². The highest BCUT2D eigenvalue weighted by atomic mass is 32.2. The van der Waals surface area contributed by atoms with E-state index in [1.807, 2.05) is 17.1 Å². The van der Waals surface area contributed by atoms with Crippen LogP contribution in [-0.2, 0) is 0 Å². The van der Waals surface area contributed by atoms with Gasteiger partial charge in [0.05, 0.1) is 17.0 Å². The minimum Gasteiger partial charge on any atom is -0.387 e. The summed E-state index contributed by atoms with van der Waals surface area (Å²) in [6, 6.07) is 0. The Balaban J connectivity index is 2.12. The summed E-state index contributed by atoms with van der Waals surface area (Å²) in [5, 5.41) is 13.1. The molecule has 1 aromatic rings. The van der Waals surface area contributed by atoms with E-state index in [1.165, 1.54) is 23.6 Å². The first kappa shape index (κ1) is 9.49. The molecule has 2 heterocycles. The van der Waals surface area contributed by atoms with Crippen molar-refractivity contribution in [2.75, 3.05) is 5.75 Å². The highest BCUT2D eigenvalue weighted by Crippen LogP contribution is 2.41. The Hall–Kier alpha value is -0.0600. The monoisotopic (exact) mass is 215 g/mol. The topological polar surface area (TPSA) is 33.1 Å². The second kappa shape index (κ2) is 3.98. The molecule has 1 aromatic heterocycles. The largest absolute Gasteiger partial charge is 0.387 e. The molecular formula is C9H13NOS2. The molecule has 4 heteroatoms. The lowest BCUT2D eigenvalue weighted by Gasteiger charge is -2.02. The van der Waals surface area contributed by atoms with Crippen molar-refractivity contribution < 1.29 is 5.11 Å². The van der Waals surface area contributed by atoms with Crippen molar-refractivity contribution in [3.8, 4) is 0 Å². The van der Waals surface area contributed by atoms with Gasteiger partial charge in [-0.05, 0) is 25.5 Å². The normalized spacial score (nSPS) is 24.9. The van der Waals surface area contributed by atoms with Crippen molar-refractivity contribution in [3.05, 3.63) is 16.1 Å². The predicted molar refractivity (Wildman–Crippen MR) is 57.2 cm³/mol. The number of nitrogens with zero attached hydrogens (tertiary/aromatic N) is 1. The number of aliphatic hydroxyl groups excluding tert-OH is 1. The average molecular weight is 215 g/mol. The molecule has 1 fully saturated rings. The molecule has 2 nitrogen and oxygen atoms in total. The zero-order chi connectivity index (χ0) is 9.26. The van der Waals surface area contributed by atoms with Crippen molar-refractivity contribution >= 4 is 23.1 Å². The molecule has 1 N–H and O–H groups in total. The van der Waals surface area contributed by atoms with Gasteiger partial charge in [0.2, 0.25) is 0 Å². The molecule has 1 aliphatic rings. The van der Waals surface area contributed by atoms with Gasteiger partial charge in [-0.2, -0.15) is 11.8 Å².